The molecule has 0 radical (unpaired) electrons. The van der Waals surface area contributed by atoms with E-state index in [1.807, 2.05) is 25.1 Å². The summed E-state index contributed by atoms with van der Waals surface area (Å²) in [5.41, 5.74) is 4.88. The number of H-pyrrole nitrogens is 1. The zero-order valence-electron chi connectivity index (χ0n) is 14.1. The van der Waals surface area contributed by atoms with E-state index in [1.165, 1.54) is 5.56 Å². The van der Waals surface area contributed by atoms with Gasteiger partial charge in [0.1, 0.15) is 5.82 Å². The number of carboxylic acid groups (broad SMARTS) is 1. The van der Waals surface area contributed by atoms with Crippen LogP contribution >= 0.6 is 0 Å². The molecule has 1 unspecified atom stereocenters. The van der Waals surface area contributed by atoms with E-state index in [1.54, 1.807) is 0 Å². The molecular formula is C20H19FN2O2. The van der Waals surface area contributed by atoms with Crippen molar-refractivity contribution in [1.82, 2.24) is 10.3 Å². The summed E-state index contributed by atoms with van der Waals surface area (Å²) in [6.45, 7) is 4.79. The summed E-state index contributed by atoms with van der Waals surface area (Å²) in [5, 5.41) is 13.4. The van der Waals surface area contributed by atoms with Crippen LogP contribution in [0.4, 0.5) is 4.39 Å². The Hall–Kier alpha value is -2.66. The van der Waals surface area contributed by atoms with E-state index in [-0.39, 0.29) is 11.6 Å². The summed E-state index contributed by atoms with van der Waals surface area (Å²) < 4.78 is 15.0. The van der Waals surface area contributed by atoms with Crippen molar-refractivity contribution in [3.05, 3.63) is 58.5 Å². The maximum absolute atomic E-state index is 15.0. The quantitative estimate of drug-likeness (QED) is 0.656. The van der Waals surface area contributed by atoms with Crippen LogP contribution in [0.25, 0.3) is 22.0 Å². The lowest BCUT2D eigenvalue weighted by Gasteiger charge is -2.26. The first-order chi connectivity index (χ1) is 12.0. The van der Waals surface area contributed by atoms with Crippen LogP contribution in [0.5, 0.6) is 0 Å². The van der Waals surface area contributed by atoms with E-state index in [2.05, 4.69) is 23.3 Å². The second kappa shape index (κ2) is 5.70. The Morgan fingerprint density at radius 2 is 2.12 bits per heavy atom. The molecular weight excluding hydrogens is 319 g/mol. The molecule has 25 heavy (non-hydrogen) atoms. The van der Waals surface area contributed by atoms with Gasteiger partial charge in [0, 0.05) is 22.7 Å². The summed E-state index contributed by atoms with van der Waals surface area (Å²) in [7, 11) is 0. The Balaban J connectivity index is 2.06. The number of fused-ring (bicyclic) bond motifs is 2. The van der Waals surface area contributed by atoms with Gasteiger partial charge >= 0.3 is 5.97 Å². The number of hydrogen-bond acceptors (Lipinski definition) is 2. The second-order valence-electron chi connectivity index (χ2n) is 6.63. The van der Waals surface area contributed by atoms with E-state index in [0.29, 0.717) is 16.5 Å². The number of aromatic nitrogens is 1. The molecule has 0 spiro atoms. The molecule has 1 aliphatic heterocycles. The molecule has 1 aromatic heterocycles. The van der Waals surface area contributed by atoms with Crippen molar-refractivity contribution in [3.8, 4) is 11.1 Å². The second-order valence-corrected chi connectivity index (χ2v) is 6.63. The molecule has 0 bridgehead atoms. The monoisotopic (exact) mass is 338 g/mol. The zero-order chi connectivity index (χ0) is 17.7. The number of carboxylic acids is 1. The number of carbonyl (C=O) groups is 1. The van der Waals surface area contributed by atoms with Crippen molar-refractivity contribution in [2.24, 2.45) is 0 Å². The summed E-state index contributed by atoms with van der Waals surface area (Å²) in [6.07, 6.45) is 0.820. The van der Waals surface area contributed by atoms with Gasteiger partial charge in [-0.25, -0.2) is 9.18 Å². The van der Waals surface area contributed by atoms with Gasteiger partial charge in [-0.15, -0.1) is 0 Å². The molecule has 5 heteroatoms. The van der Waals surface area contributed by atoms with Crippen LogP contribution in [0.15, 0.2) is 30.3 Å². The third-order valence-electron chi connectivity index (χ3n) is 5.00. The zero-order valence-corrected chi connectivity index (χ0v) is 14.1. The Labute approximate surface area is 144 Å². The van der Waals surface area contributed by atoms with Crippen molar-refractivity contribution in [2.75, 3.05) is 6.54 Å². The van der Waals surface area contributed by atoms with Crippen molar-refractivity contribution in [3.63, 3.8) is 0 Å². The maximum atomic E-state index is 15.0. The lowest BCUT2D eigenvalue weighted by Crippen LogP contribution is -2.28. The molecule has 128 valence electrons. The molecule has 0 amide bonds. The lowest BCUT2D eigenvalue weighted by molar-refractivity contribution is 0.0698. The first-order valence-corrected chi connectivity index (χ1v) is 8.38. The van der Waals surface area contributed by atoms with E-state index in [9.17, 15) is 9.90 Å². The van der Waals surface area contributed by atoms with E-state index in [0.717, 1.165) is 35.9 Å². The van der Waals surface area contributed by atoms with Crippen LogP contribution in [0.3, 0.4) is 0 Å². The predicted octanol–water partition coefficient (Wildman–Crippen LogP) is 4.19. The number of nitrogens with one attached hydrogen (secondary N) is 2. The average molecular weight is 338 g/mol. The molecule has 1 atom stereocenters. The van der Waals surface area contributed by atoms with Crippen LogP contribution in [0, 0.1) is 12.7 Å². The first-order valence-electron chi connectivity index (χ1n) is 8.38. The number of hydrogen-bond donors (Lipinski definition) is 3. The molecule has 3 aromatic rings. The third-order valence-corrected chi connectivity index (χ3v) is 5.00. The van der Waals surface area contributed by atoms with Crippen LogP contribution in [0.1, 0.15) is 40.1 Å². The number of halogens is 1. The van der Waals surface area contributed by atoms with Crippen molar-refractivity contribution in [2.45, 2.75) is 26.3 Å². The lowest BCUT2D eigenvalue weighted by atomic mass is 9.86. The fourth-order valence-electron chi connectivity index (χ4n) is 3.89. The predicted molar refractivity (Wildman–Crippen MR) is 95.5 cm³/mol. The number of rotatable bonds is 2. The fraction of sp³-hybridized carbons (Fsp3) is 0.250. The van der Waals surface area contributed by atoms with Crippen molar-refractivity contribution in [1.29, 1.82) is 0 Å². The smallest absolute Gasteiger partial charge is 0.337 e. The maximum Gasteiger partial charge on any atom is 0.337 e. The van der Waals surface area contributed by atoms with Crippen molar-refractivity contribution >= 4 is 16.9 Å². The first kappa shape index (κ1) is 15.8. The largest absolute Gasteiger partial charge is 0.478 e. The highest BCUT2D eigenvalue weighted by Gasteiger charge is 2.24. The average Bonchev–Trinajstić information content (AvgIpc) is 2.95. The van der Waals surface area contributed by atoms with Gasteiger partial charge in [0.15, 0.2) is 0 Å². The van der Waals surface area contributed by atoms with Gasteiger partial charge in [0.05, 0.1) is 11.1 Å². The molecule has 0 aliphatic carbocycles. The van der Waals surface area contributed by atoms with Gasteiger partial charge in [-0.1, -0.05) is 18.2 Å². The molecule has 0 saturated carbocycles. The number of aryl methyl sites for hydroxylation is 1. The SMILES string of the molecule is Cc1cc2c(-c3cccc4c3CCNC4C)c(F)cc(C(=O)O)c2[nH]1. The molecule has 2 aromatic carbocycles. The van der Waals surface area contributed by atoms with Crippen LogP contribution in [-0.4, -0.2) is 22.6 Å². The number of aromatic carboxylic acids is 1. The third kappa shape index (κ3) is 2.43. The summed E-state index contributed by atoms with van der Waals surface area (Å²) in [6, 6.07) is 9.10. The van der Waals surface area contributed by atoms with Gasteiger partial charge in [-0.05, 0) is 55.6 Å². The Bertz CT molecular complexity index is 1010. The fourth-order valence-corrected chi connectivity index (χ4v) is 3.89. The number of benzene rings is 2. The molecule has 3 N–H and O–H groups in total. The molecule has 4 nitrogen and oxygen atoms in total. The van der Waals surface area contributed by atoms with Gasteiger partial charge in [-0.3, -0.25) is 0 Å². The van der Waals surface area contributed by atoms with Gasteiger partial charge in [0.2, 0.25) is 0 Å². The normalized spacial score (nSPS) is 16.8. The van der Waals surface area contributed by atoms with Crippen LogP contribution in [0.2, 0.25) is 0 Å². The van der Waals surface area contributed by atoms with Crippen molar-refractivity contribution < 1.29 is 14.3 Å². The van der Waals surface area contributed by atoms with E-state index >= 15 is 4.39 Å². The van der Waals surface area contributed by atoms with E-state index in [4.69, 9.17) is 0 Å². The number of aromatic amines is 1. The minimum Gasteiger partial charge on any atom is -0.478 e. The van der Waals surface area contributed by atoms with E-state index < -0.39 is 11.8 Å². The highest BCUT2D eigenvalue weighted by Crippen LogP contribution is 2.39. The topological polar surface area (TPSA) is 65.1 Å². The summed E-state index contributed by atoms with van der Waals surface area (Å²) >= 11 is 0. The minimum absolute atomic E-state index is 0.0378. The van der Waals surface area contributed by atoms with Crippen LogP contribution in [-0.2, 0) is 6.42 Å². The van der Waals surface area contributed by atoms with Crippen LogP contribution < -0.4 is 5.32 Å². The highest BCUT2D eigenvalue weighted by molar-refractivity contribution is 6.08. The minimum atomic E-state index is -1.13. The van der Waals surface area contributed by atoms with Gasteiger partial charge < -0.3 is 15.4 Å². The molecule has 4 rings (SSSR count). The standard InChI is InChI=1S/C20H19FN2O2/c1-10-8-15-18(17(21)9-16(20(24)25)19(15)23-10)14-5-3-4-12-11(2)22-7-6-13(12)14/h3-5,8-9,11,22-23H,6-7H2,1-2H3,(H,24,25). The molecule has 0 fully saturated rings. The Kier molecular flexibility index (Phi) is 3.62. The van der Waals surface area contributed by atoms with Gasteiger partial charge in [0.25, 0.3) is 0 Å². The Morgan fingerprint density at radius 3 is 2.88 bits per heavy atom. The summed E-state index contributed by atoms with van der Waals surface area (Å²) in [4.78, 5) is 14.6. The Morgan fingerprint density at radius 1 is 1.32 bits per heavy atom. The summed E-state index contributed by atoms with van der Waals surface area (Å²) in [5.74, 6) is -1.63. The molecule has 2 heterocycles. The molecule has 0 saturated heterocycles. The highest BCUT2D eigenvalue weighted by atomic mass is 19.1. The molecule has 1 aliphatic rings. The van der Waals surface area contributed by atoms with Gasteiger partial charge in [-0.2, -0.15) is 0 Å².